The molecule has 0 aliphatic carbocycles. The third-order valence-corrected chi connectivity index (χ3v) is 5.00. The van der Waals surface area contributed by atoms with Crippen molar-refractivity contribution >= 4 is 5.91 Å². The molecule has 0 bridgehead atoms. The molecule has 1 aliphatic rings. The first-order valence-electron chi connectivity index (χ1n) is 9.90. The van der Waals surface area contributed by atoms with Crippen LogP contribution >= 0.6 is 0 Å². The summed E-state index contributed by atoms with van der Waals surface area (Å²) >= 11 is 0. The highest BCUT2D eigenvalue weighted by molar-refractivity contribution is 5.92. The van der Waals surface area contributed by atoms with Crippen LogP contribution in [-0.2, 0) is 0 Å². The third kappa shape index (κ3) is 4.00. The van der Waals surface area contributed by atoms with Crippen LogP contribution in [0.5, 0.6) is 5.75 Å². The Labute approximate surface area is 178 Å². The Morgan fingerprint density at radius 2 is 1.77 bits per heavy atom. The molecule has 1 amide bonds. The average molecular weight is 413 g/mol. The van der Waals surface area contributed by atoms with E-state index in [1.165, 1.54) is 6.20 Å². The molecule has 0 spiro atoms. The van der Waals surface area contributed by atoms with Crippen LogP contribution in [0, 0.1) is 6.92 Å². The first-order chi connectivity index (χ1) is 15.2. The fraction of sp³-hybridized carbons (Fsp3) is 0.174. The molecule has 31 heavy (non-hydrogen) atoms. The molecule has 154 valence electrons. The fourth-order valence-corrected chi connectivity index (χ4v) is 3.26. The van der Waals surface area contributed by atoms with Gasteiger partial charge in [0.1, 0.15) is 17.5 Å². The molecule has 8 nitrogen and oxygen atoms in total. The first-order valence-corrected chi connectivity index (χ1v) is 9.90. The number of hydrogen-bond donors (Lipinski definition) is 0. The van der Waals surface area contributed by atoms with Crippen LogP contribution in [0.1, 0.15) is 16.2 Å². The lowest BCUT2D eigenvalue weighted by atomic mass is 10.1. The predicted octanol–water partition coefficient (Wildman–Crippen LogP) is 3.41. The fourth-order valence-electron chi connectivity index (χ4n) is 3.26. The Morgan fingerprint density at radius 1 is 1.00 bits per heavy atom. The van der Waals surface area contributed by atoms with E-state index in [4.69, 9.17) is 9.26 Å². The molecule has 1 saturated heterocycles. The lowest BCUT2D eigenvalue weighted by molar-refractivity contribution is 0.0173. The normalized spacial score (nSPS) is 13.6. The zero-order valence-electron chi connectivity index (χ0n) is 16.8. The van der Waals surface area contributed by atoms with Crippen LogP contribution in [-0.4, -0.2) is 50.1 Å². The zero-order valence-corrected chi connectivity index (χ0v) is 16.8. The summed E-state index contributed by atoms with van der Waals surface area (Å²) in [6, 6.07) is 17.1. The van der Waals surface area contributed by atoms with Gasteiger partial charge < -0.3 is 14.2 Å². The molecule has 4 aromatic rings. The number of carbonyl (C=O) groups excluding carboxylic acids is 1. The number of benzene rings is 2. The maximum atomic E-state index is 12.4. The van der Waals surface area contributed by atoms with Crippen molar-refractivity contribution in [3.05, 3.63) is 78.4 Å². The van der Waals surface area contributed by atoms with Crippen molar-refractivity contribution in [2.24, 2.45) is 0 Å². The van der Waals surface area contributed by atoms with Gasteiger partial charge in [-0.1, -0.05) is 23.4 Å². The van der Waals surface area contributed by atoms with E-state index < -0.39 is 0 Å². The monoisotopic (exact) mass is 413 g/mol. The number of carbonyl (C=O) groups is 1. The summed E-state index contributed by atoms with van der Waals surface area (Å²) in [5.41, 5.74) is 2.84. The van der Waals surface area contributed by atoms with Crippen molar-refractivity contribution in [2.75, 3.05) is 13.1 Å². The van der Waals surface area contributed by atoms with E-state index in [-0.39, 0.29) is 12.0 Å². The van der Waals surface area contributed by atoms with Crippen LogP contribution in [0.15, 0.2) is 71.5 Å². The quantitative estimate of drug-likeness (QED) is 0.495. The summed E-state index contributed by atoms with van der Waals surface area (Å²) < 4.78 is 11.3. The maximum Gasteiger partial charge on any atom is 0.274 e. The summed E-state index contributed by atoms with van der Waals surface area (Å²) in [7, 11) is 0. The number of ether oxygens (including phenoxy) is 1. The van der Waals surface area contributed by atoms with Crippen molar-refractivity contribution < 1.29 is 14.1 Å². The lowest BCUT2D eigenvalue weighted by Crippen LogP contribution is -2.56. The van der Waals surface area contributed by atoms with Crippen molar-refractivity contribution in [2.45, 2.75) is 13.0 Å². The van der Waals surface area contributed by atoms with Gasteiger partial charge in [-0.3, -0.25) is 9.78 Å². The number of rotatable bonds is 5. The molecule has 0 atom stereocenters. The molecular formula is C23H19N5O3. The average Bonchev–Trinajstić information content (AvgIpc) is 3.27. The van der Waals surface area contributed by atoms with Gasteiger partial charge in [0, 0.05) is 17.3 Å². The van der Waals surface area contributed by atoms with E-state index in [2.05, 4.69) is 20.1 Å². The van der Waals surface area contributed by atoms with Crippen LogP contribution in [0.2, 0.25) is 0 Å². The summed E-state index contributed by atoms with van der Waals surface area (Å²) in [6.45, 7) is 2.86. The second-order valence-electron chi connectivity index (χ2n) is 7.31. The van der Waals surface area contributed by atoms with Gasteiger partial charge in [-0.25, -0.2) is 4.98 Å². The Morgan fingerprint density at radius 3 is 2.48 bits per heavy atom. The second-order valence-corrected chi connectivity index (χ2v) is 7.31. The SMILES string of the molecule is Cc1cnc(C(=O)N2CC(Oc3ccc(-c4noc(-c5ccccc5)n4)cc3)C2)cn1. The number of aryl methyl sites for hydroxylation is 1. The number of nitrogens with zero attached hydrogens (tertiary/aromatic N) is 5. The molecule has 5 rings (SSSR count). The van der Waals surface area contributed by atoms with Crippen molar-refractivity contribution in [1.82, 2.24) is 25.0 Å². The van der Waals surface area contributed by atoms with Crippen molar-refractivity contribution in [3.63, 3.8) is 0 Å². The van der Waals surface area contributed by atoms with E-state index in [0.29, 0.717) is 30.5 Å². The highest BCUT2D eigenvalue weighted by atomic mass is 16.5. The Hall–Kier alpha value is -4.07. The van der Waals surface area contributed by atoms with E-state index >= 15 is 0 Å². The largest absolute Gasteiger partial charge is 0.487 e. The maximum absolute atomic E-state index is 12.4. The molecule has 8 heteroatoms. The molecule has 0 N–H and O–H groups in total. The van der Waals surface area contributed by atoms with Crippen LogP contribution in [0.3, 0.4) is 0 Å². The van der Waals surface area contributed by atoms with Gasteiger partial charge >= 0.3 is 0 Å². The standard InChI is InChI=1S/C23H19N5O3/c1-15-11-25-20(12-24-15)23(29)28-13-19(14-28)30-18-9-7-16(8-10-18)21-26-22(31-27-21)17-5-3-2-4-6-17/h2-12,19H,13-14H2,1H3. The van der Waals surface area contributed by atoms with Gasteiger partial charge in [0.15, 0.2) is 0 Å². The first kappa shape index (κ1) is 18.9. The topological polar surface area (TPSA) is 94.2 Å². The van der Waals surface area contributed by atoms with Crippen molar-refractivity contribution in [3.8, 4) is 28.6 Å². The molecule has 3 heterocycles. The van der Waals surface area contributed by atoms with Gasteiger partial charge in [-0.15, -0.1) is 0 Å². The molecule has 2 aromatic carbocycles. The van der Waals surface area contributed by atoms with E-state index in [1.54, 1.807) is 11.1 Å². The zero-order chi connectivity index (χ0) is 21.2. The lowest BCUT2D eigenvalue weighted by Gasteiger charge is -2.38. The van der Waals surface area contributed by atoms with E-state index in [9.17, 15) is 4.79 Å². The van der Waals surface area contributed by atoms with Crippen LogP contribution < -0.4 is 4.74 Å². The molecule has 0 saturated carbocycles. The number of likely N-dealkylation sites (tertiary alicyclic amines) is 1. The van der Waals surface area contributed by atoms with E-state index in [0.717, 1.165) is 22.6 Å². The van der Waals surface area contributed by atoms with Crippen LogP contribution in [0.25, 0.3) is 22.8 Å². The van der Waals surface area contributed by atoms with Gasteiger partial charge in [-0.2, -0.15) is 4.98 Å². The van der Waals surface area contributed by atoms with Crippen LogP contribution in [0.4, 0.5) is 0 Å². The minimum atomic E-state index is -0.131. The molecular weight excluding hydrogens is 394 g/mol. The molecule has 1 aliphatic heterocycles. The minimum absolute atomic E-state index is 0.0527. The Balaban J connectivity index is 1.18. The minimum Gasteiger partial charge on any atom is -0.487 e. The summed E-state index contributed by atoms with van der Waals surface area (Å²) in [5.74, 6) is 1.59. The molecule has 2 aromatic heterocycles. The summed E-state index contributed by atoms with van der Waals surface area (Å²) in [4.78, 5) is 26.8. The highest BCUT2D eigenvalue weighted by Crippen LogP contribution is 2.25. The molecule has 0 radical (unpaired) electrons. The van der Waals surface area contributed by atoms with Gasteiger partial charge in [0.25, 0.3) is 11.8 Å². The van der Waals surface area contributed by atoms with Crippen molar-refractivity contribution in [1.29, 1.82) is 0 Å². The van der Waals surface area contributed by atoms with Gasteiger partial charge in [-0.05, 0) is 43.3 Å². The predicted molar refractivity (Wildman–Crippen MR) is 112 cm³/mol. The third-order valence-electron chi connectivity index (χ3n) is 5.00. The number of hydrogen-bond acceptors (Lipinski definition) is 7. The van der Waals surface area contributed by atoms with Gasteiger partial charge in [0.2, 0.25) is 5.82 Å². The molecule has 1 fully saturated rings. The number of aromatic nitrogens is 4. The smallest absolute Gasteiger partial charge is 0.274 e. The second kappa shape index (κ2) is 7.98. The molecule has 0 unspecified atom stereocenters. The Kier molecular flexibility index (Phi) is 4.87. The highest BCUT2D eigenvalue weighted by Gasteiger charge is 2.33. The van der Waals surface area contributed by atoms with E-state index in [1.807, 2.05) is 61.5 Å². The Bertz CT molecular complexity index is 1180. The van der Waals surface area contributed by atoms with Gasteiger partial charge in [0.05, 0.1) is 25.0 Å². The summed E-state index contributed by atoms with van der Waals surface area (Å²) in [5, 5.41) is 4.06. The number of amides is 1. The summed E-state index contributed by atoms with van der Waals surface area (Å²) in [6.07, 6.45) is 3.05.